The fourth-order valence-electron chi connectivity index (χ4n) is 2.39. The molecule has 0 radical (unpaired) electrons. The van der Waals surface area contributed by atoms with Gasteiger partial charge < -0.3 is 4.74 Å². The Morgan fingerprint density at radius 2 is 2.00 bits per heavy atom. The van der Waals surface area contributed by atoms with Crippen LogP contribution >= 0.6 is 11.6 Å². The standard InChI is InChI=1S/C16H16ClN3O/c1-10-16(11(2)20(3)19-10)21-15-8-12(9-17)13-6-4-5-7-14(13)18-15/h4-8H,9H2,1-3H3. The van der Waals surface area contributed by atoms with Crippen LogP contribution in [0.25, 0.3) is 10.9 Å². The van der Waals surface area contributed by atoms with Crippen molar-refractivity contribution in [3.8, 4) is 11.6 Å². The van der Waals surface area contributed by atoms with E-state index in [1.807, 2.05) is 51.2 Å². The smallest absolute Gasteiger partial charge is 0.220 e. The predicted octanol–water partition coefficient (Wildman–Crippen LogP) is 4.12. The summed E-state index contributed by atoms with van der Waals surface area (Å²) in [5, 5.41) is 5.40. The third-order valence-corrected chi connectivity index (χ3v) is 3.86. The van der Waals surface area contributed by atoms with Gasteiger partial charge in [-0.25, -0.2) is 4.98 Å². The molecule has 4 nitrogen and oxygen atoms in total. The average molecular weight is 302 g/mol. The van der Waals surface area contributed by atoms with E-state index in [4.69, 9.17) is 16.3 Å². The van der Waals surface area contributed by atoms with E-state index >= 15 is 0 Å². The molecule has 0 N–H and O–H groups in total. The van der Waals surface area contributed by atoms with Crippen molar-refractivity contribution in [1.82, 2.24) is 14.8 Å². The van der Waals surface area contributed by atoms with E-state index in [1.165, 1.54) is 0 Å². The number of aromatic nitrogens is 3. The number of ether oxygens (including phenoxy) is 1. The Hall–Kier alpha value is -2.07. The van der Waals surface area contributed by atoms with Crippen molar-refractivity contribution in [2.75, 3.05) is 0 Å². The van der Waals surface area contributed by atoms with Gasteiger partial charge in [0, 0.05) is 24.4 Å². The van der Waals surface area contributed by atoms with Crippen LogP contribution in [0.1, 0.15) is 17.0 Å². The molecule has 0 unspecified atom stereocenters. The zero-order chi connectivity index (χ0) is 15.0. The molecule has 3 rings (SSSR count). The molecule has 0 aliphatic heterocycles. The highest BCUT2D eigenvalue weighted by atomic mass is 35.5. The Bertz CT molecular complexity index is 811. The highest BCUT2D eigenvalue weighted by Crippen LogP contribution is 2.30. The number of hydrogen-bond acceptors (Lipinski definition) is 3. The maximum Gasteiger partial charge on any atom is 0.220 e. The van der Waals surface area contributed by atoms with Crippen molar-refractivity contribution in [2.24, 2.45) is 7.05 Å². The van der Waals surface area contributed by atoms with E-state index in [-0.39, 0.29) is 0 Å². The Labute approximate surface area is 128 Å². The zero-order valence-corrected chi connectivity index (χ0v) is 13.0. The minimum absolute atomic E-state index is 0.421. The second kappa shape index (κ2) is 5.37. The monoisotopic (exact) mass is 301 g/mol. The van der Waals surface area contributed by atoms with Gasteiger partial charge in [-0.15, -0.1) is 11.6 Å². The SMILES string of the molecule is Cc1nn(C)c(C)c1Oc1cc(CCl)c2ccccc2n1. The number of alkyl halides is 1. The van der Waals surface area contributed by atoms with Gasteiger partial charge in [0.05, 0.1) is 11.2 Å². The summed E-state index contributed by atoms with van der Waals surface area (Å²) in [6.07, 6.45) is 0. The van der Waals surface area contributed by atoms with Crippen LogP contribution in [0.5, 0.6) is 11.6 Å². The Morgan fingerprint density at radius 1 is 1.24 bits per heavy atom. The second-order valence-corrected chi connectivity index (χ2v) is 5.26. The van der Waals surface area contributed by atoms with Crippen LogP contribution in [0.4, 0.5) is 0 Å². The van der Waals surface area contributed by atoms with E-state index in [9.17, 15) is 0 Å². The first-order chi connectivity index (χ1) is 10.1. The molecule has 3 aromatic rings. The number of benzene rings is 1. The zero-order valence-electron chi connectivity index (χ0n) is 12.2. The molecule has 0 saturated heterocycles. The van der Waals surface area contributed by atoms with Crippen molar-refractivity contribution >= 4 is 22.5 Å². The molecular weight excluding hydrogens is 286 g/mol. The predicted molar refractivity (Wildman–Crippen MR) is 84.1 cm³/mol. The number of hydrogen-bond donors (Lipinski definition) is 0. The minimum Gasteiger partial charge on any atom is -0.435 e. The highest BCUT2D eigenvalue weighted by Gasteiger charge is 2.13. The normalized spacial score (nSPS) is 11.0. The molecule has 0 bridgehead atoms. The molecule has 0 fully saturated rings. The Morgan fingerprint density at radius 3 is 2.67 bits per heavy atom. The van der Waals surface area contributed by atoms with E-state index in [0.717, 1.165) is 33.6 Å². The molecule has 0 saturated carbocycles. The molecule has 0 amide bonds. The van der Waals surface area contributed by atoms with Crippen molar-refractivity contribution < 1.29 is 4.74 Å². The molecule has 108 valence electrons. The van der Waals surface area contributed by atoms with Crippen LogP contribution in [0.15, 0.2) is 30.3 Å². The number of fused-ring (bicyclic) bond motifs is 1. The first-order valence-electron chi connectivity index (χ1n) is 6.73. The summed E-state index contributed by atoms with van der Waals surface area (Å²) in [5.41, 5.74) is 3.70. The summed E-state index contributed by atoms with van der Waals surface area (Å²) in [5.74, 6) is 1.72. The van der Waals surface area contributed by atoms with Crippen molar-refractivity contribution in [1.29, 1.82) is 0 Å². The third kappa shape index (κ3) is 2.47. The van der Waals surface area contributed by atoms with Crippen molar-refractivity contribution in [3.63, 3.8) is 0 Å². The first-order valence-corrected chi connectivity index (χ1v) is 7.26. The third-order valence-electron chi connectivity index (χ3n) is 3.57. The fraction of sp³-hybridized carbons (Fsp3) is 0.250. The van der Waals surface area contributed by atoms with Crippen LogP contribution in [-0.2, 0) is 12.9 Å². The maximum atomic E-state index is 6.05. The molecule has 5 heteroatoms. The number of nitrogens with zero attached hydrogens (tertiary/aromatic N) is 3. The lowest BCUT2D eigenvalue weighted by molar-refractivity contribution is 0.457. The van der Waals surface area contributed by atoms with Crippen LogP contribution < -0.4 is 4.74 Å². The Balaban J connectivity index is 2.08. The van der Waals surface area contributed by atoms with E-state index in [2.05, 4.69) is 10.1 Å². The number of para-hydroxylation sites is 1. The van der Waals surface area contributed by atoms with Gasteiger partial charge in [-0.3, -0.25) is 4.68 Å². The summed E-state index contributed by atoms with van der Waals surface area (Å²) in [6.45, 7) is 3.89. The summed E-state index contributed by atoms with van der Waals surface area (Å²) < 4.78 is 7.76. The topological polar surface area (TPSA) is 39.9 Å². The van der Waals surface area contributed by atoms with Gasteiger partial charge in [0.1, 0.15) is 5.69 Å². The summed E-state index contributed by atoms with van der Waals surface area (Å²) in [4.78, 5) is 4.55. The molecule has 2 heterocycles. The van der Waals surface area contributed by atoms with Gasteiger partial charge in [-0.1, -0.05) is 18.2 Å². The van der Waals surface area contributed by atoms with Crippen LogP contribution in [-0.4, -0.2) is 14.8 Å². The molecular formula is C16H16ClN3O. The minimum atomic E-state index is 0.421. The average Bonchev–Trinajstić information content (AvgIpc) is 2.73. The van der Waals surface area contributed by atoms with Crippen LogP contribution in [0, 0.1) is 13.8 Å². The highest BCUT2D eigenvalue weighted by molar-refractivity contribution is 6.18. The largest absolute Gasteiger partial charge is 0.435 e. The Kier molecular flexibility index (Phi) is 3.55. The molecule has 0 aliphatic carbocycles. The maximum absolute atomic E-state index is 6.05. The first kappa shape index (κ1) is 13.9. The number of halogens is 1. The van der Waals surface area contributed by atoms with Crippen molar-refractivity contribution in [2.45, 2.75) is 19.7 Å². The number of pyridine rings is 1. The molecule has 21 heavy (non-hydrogen) atoms. The molecule has 2 aromatic heterocycles. The quantitative estimate of drug-likeness (QED) is 0.683. The lowest BCUT2D eigenvalue weighted by atomic mass is 10.1. The van der Waals surface area contributed by atoms with E-state index in [0.29, 0.717) is 11.8 Å². The van der Waals surface area contributed by atoms with Gasteiger partial charge in [0.15, 0.2) is 5.75 Å². The molecule has 0 aliphatic rings. The summed E-state index contributed by atoms with van der Waals surface area (Å²) >= 11 is 6.05. The summed E-state index contributed by atoms with van der Waals surface area (Å²) in [7, 11) is 1.90. The van der Waals surface area contributed by atoms with Gasteiger partial charge in [-0.05, 0) is 25.5 Å². The van der Waals surface area contributed by atoms with Crippen LogP contribution in [0.3, 0.4) is 0 Å². The van der Waals surface area contributed by atoms with E-state index in [1.54, 1.807) is 4.68 Å². The molecule has 0 atom stereocenters. The molecule has 0 spiro atoms. The van der Waals surface area contributed by atoms with Gasteiger partial charge in [0.2, 0.25) is 5.88 Å². The lowest BCUT2D eigenvalue weighted by Crippen LogP contribution is -1.95. The van der Waals surface area contributed by atoms with Crippen molar-refractivity contribution in [3.05, 3.63) is 47.3 Å². The fourth-order valence-corrected chi connectivity index (χ4v) is 2.61. The number of rotatable bonds is 3. The molecule has 1 aromatic carbocycles. The lowest BCUT2D eigenvalue weighted by Gasteiger charge is -2.09. The van der Waals surface area contributed by atoms with E-state index < -0.39 is 0 Å². The van der Waals surface area contributed by atoms with Gasteiger partial charge >= 0.3 is 0 Å². The van der Waals surface area contributed by atoms with Crippen LogP contribution in [0.2, 0.25) is 0 Å². The summed E-state index contributed by atoms with van der Waals surface area (Å²) in [6, 6.07) is 9.81. The second-order valence-electron chi connectivity index (χ2n) is 5.00. The van der Waals surface area contributed by atoms with Gasteiger partial charge in [-0.2, -0.15) is 5.10 Å². The number of aryl methyl sites for hydroxylation is 2. The van der Waals surface area contributed by atoms with Gasteiger partial charge in [0.25, 0.3) is 0 Å².